The molecule has 5 unspecified atom stereocenters. The molecule has 2 heterocycles. The summed E-state index contributed by atoms with van der Waals surface area (Å²) in [6.07, 6.45) is -7.57. The number of ether oxygens (including phenoxy) is 2. The number of fused-ring (bicyclic) bond motifs is 1. The first-order chi connectivity index (χ1) is 16.2. The molecular weight excluding hydrogens is 452 g/mol. The van der Waals surface area contributed by atoms with Crippen LogP contribution >= 0.6 is 0 Å². The van der Waals surface area contributed by atoms with Crippen LogP contribution in [0.15, 0.2) is 39.5 Å². The van der Waals surface area contributed by atoms with Gasteiger partial charge in [-0.05, 0) is 18.2 Å². The van der Waals surface area contributed by atoms with Crippen molar-refractivity contribution < 1.29 is 49.6 Å². The Morgan fingerprint density at radius 1 is 0.941 bits per heavy atom. The van der Waals surface area contributed by atoms with Gasteiger partial charge in [0.05, 0.1) is 19.8 Å². The average Bonchev–Trinajstić information content (AvgIpc) is 2.80. The van der Waals surface area contributed by atoms with Crippen molar-refractivity contribution in [2.24, 2.45) is 0 Å². The number of aliphatic hydroxyl groups excluding tert-OH is 4. The van der Waals surface area contributed by atoms with E-state index in [9.17, 15) is 40.5 Å². The summed E-state index contributed by atoms with van der Waals surface area (Å²) in [7, 11) is 1.33. The fraction of sp³-hybridized carbons (Fsp3) is 0.348. The fourth-order valence-corrected chi connectivity index (χ4v) is 4.11. The van der Waals surface area contributed by atoms with Crippen LogP contribution in [0.4, 0.5) is 0 Å². The molecule has 0 saturated carbocycles. The molecule has 7 N–H and O–H groups in total. The van der Waals surface area contributed by atoms with Gasteiger partial charge >= 0.3 is 0 Å². The van der Waals surface area contributed by atoms with E-state index in [1.165, 1.54) is 25.3 Å². The summed E-state index contributed by atoms with van der Waals surface area (Å²) in [5.74, 6) is -0.992. The van der Waals surface area contributed by atoms with Crippen molar-refractivity contribution in [2.75, 3.05) is 13.7 Å². The van der Waals surface area contributed by atoms with Crippen LogP contribution in [0.25, 0.3) is 22.3 Å². The van der Waals surface area contributed by atoms with E-state index >= 15 is 0 Å². The molecule has 3 aromatic rings. The molecule has 5 atom stereocenters. The topological polar surface area (TPSA) is 190 Å². The SMILES string of the molecule is COc1cc(-c2oc3cc(O)cc(O)c3c(=O)c2CC2OC(CO)C(O)C(O)C2O)ccc1O. The molecule has 1 aliphatic heterocycles. The minimum atomic E-state index is -1.65. The van der Waals surface area contributed by atoms with E-state index < -0.39 is 48.3 Å². The number of hydrogen-bond donors (Lipinski definition) is 7. The molecule has 0 radical (unpaired) electrons. The lowest BCUT2D eigenvalue weighted by Gasteiger charge is -2.40. The van der Waals surface area contributed by atoms with Gasteiger partial charge in [-0.15, -0.1) is 0 Å². The maximum absolute atomic E-state index is 13.5. The Hall–Kier alpha value is -3.35. The highest BCUT2D eigenvalue weighted by molar-refractivity contribution is 5.87. The van der Waals surface area contributed by atoms with Gasteiger partial charge in [-0.3, -0.25) is 4.79 Å². The number of aromatic hydroxyl groups is 3. The van der Waals surface area contributed by atoms with Crippen molar-refractivity contribution >= 4 is 11.0 Å². The van der Waals surface area contributed by atoms with Crippen LogP contribution in [0.2, 0.25) is 0 Å². The number of aliphatic hydroxyl groups is 4. The normalized spacial score (nSPS) is 24.9. The van der Waals surface area contributed by atoms with Gasteiger partial charge < -0.3 is 49.6 Å². The van der Waals surface area contributed by atoms with E-state index in [-0.39, 0.29) is 51.5 Å². The van der Waals surface area contributed by atoms with Gasteiger partial charge in [-0.2, -0.15) is 0 Å². The molecule has 1 aliphatic rings. The van der Waals surface area contributed by atoms with Crippen LogP contribution < -0.4 is 10.2 Å². The highest BCUT2D eigenvalue weighted by atomic mass is 16.5. The Kier molecular flexibility index (Phi) is 6.39. The second-order valence-corrected chi connectivity index (χ2v) is 8.03. The quantitative estimate of drug-likeness (QED) is 0.262. The van der Waals surface area contributed by atoms with Crippen molar-refractivity contribution in [1.82, 2.24) is 0 Å². The molecule has 0 spiro atoms. The zero-order valence-electron chi connectivity index (χ0n) is 18.0. The van der Waals surface area contributed by atoms with E-state index in [1.807, 2.05) is 0 Å². The van der Waals surface area contributed by atoms with Gasteiger partial charge in [0, 0.05) is 29.7 Å². The van der Waals surface area contributed by atoms with Gasteiger partial charge in [0.15, 0.2) is 16.9 Å². The first-order valence-electron chi connectivity index (χ1n) is 10.4. The van der Waals surface area contributed by atoms with Crippen molar-refractivity contribution in [3.63, 3.8) is 0 Å². The summed E-state index contributed by atoms with van der Waals surface area (Å²) in [4.78, 5) is 13.5. The fourth-order valence-electron chi connectivity index (χ4n) is 4.11. The maximum atomic E-state index is 13.5. The van der Waals surface area contributed by atoms with Gasteiger partial charge in [0.1, 0.15) is 52.6 Å². The lowest BCUT2D eigenvalue weighted by atomic mass is 9.90. The number of phenols is 3. The predicted octanol–water partition coefficient (Wildman–Crippen LogP) is -0.0297. The summed E-state index contributed by atoms with van der Waals surface area (Å²) in [5.41, 5.74) is -0.596. The molecule has 4 rings (SSSR count). The van der Waals surface area contributed by atoms with Gasteiger partial charge in [0.2, 0.25) is 0 Å². The Labute approximate surface area is 192 Å². The first-order valence-corrected chi connectivity index (χ1v) is 10.4. The Morgan fingerprint density at radius 3 is 2.32 bits per heavy atom. The molecule has 2 aromatic carbocycles. The van der Waals surface area contributed by atoms with Crippen LogP contribution in [0.1, 0.15) is 5.56 Å². The number of benzene rings is 2. The third-order valence-electron chi connectivity index (χ3n) is 5.89. The van der Waals surface area contributed by atoms with Crippen LogP contribution in [0.3, 0.4) is 0 Å². The van der Waals surface area contributed by atoms with Gasteiger partial charge in [-0.1, -0.05) is 0 Å². The summed E-state index contributed by atoms with van der Waals surface area (Å²) >= 11 is 0. The van der Waals surface area contributed by atoms with Crippen LogP contribution in [0, 0.1) is 0 Å². The molecule has 11 heteroatoms. The molecule has 11 nitrogen and oxygen atoms in total. The van der Waals surface area contributed by atoms with Crippen molar-refractivity contribution in [3.8, 4) is 34.3 Å². The Balaban J connectivity index is 1.92. The molecule has 0 amide bonds. The third kappa shape index (κ3) is 4.04. The van der Waals surface area contributed by atoms with Crippen molar-refractivity contribution in [2.45, 2.75) is 36.9 Å². The highest BCUT2D eigenvalue weighted by Crippen LogP contribution is 2.37. The molecule has 0 bridgehead atoms. The van der Waals surface area contributed by atoms with E-state index in [0.717, 1.165) is 12.1 Å². The summed E-state index contributed by atoms with van der Waals surface area (Å²) in [6.45, 7) is -0.643. The second kappa shape index (κ2) is 9.12. The lowest BCUT2D eigenvalue weighted by molar-refractivity contribution is -0.228. The average molecular weight is 476 g/mol. The molecule has 34 heavy (non-hydrogen) atoms. The summed E-state index contributed by atoms with van der Waals surface area (Å²) in [5, 5.41) is 70.0. The number of methoxy groups -OCH3 is 1. The minimum absolute atomic E-state index is 0.0299. The van der Waals surface area contributed by atoms with E-state index in [4.69, 9.17) is 13.9 Å². The van der Waals surface area contributed by atoms with E-state index in [1.54, 1.807) is 0 Å². The molecular formula is C23H24O11. The van der Waals surface area contributed by atoms with Crippen LogP contribution in [-0.4, -0.2) is 80.0 Å². The second-order valence-electron chi connectivity index (χ2n) is 8.03. The largest absolute Gasteiger partial charge is 0.508 e. The minimum Gasteiger partial charge on any atom is -0.508 e. The van der Waals surface area contributed by atoms with Crippen molar-refractivity contribution in [3.05, 3.63) is 46.1 Å². The smallest absolute Gasteiger partial charge is 0.200 e. The Bertz CT molecular complexity index is 1270. The lowest BCUT2D eigenvalue weighted by Crippen LogP contribution is -2.59. The van der Waals surface area contributed by atoms with E-state index in [2.05, 4.69) is 0 Å². The monoisotopic (exact) mass is 476 g/mol. The zero-order valence-corrected chi connectivity index (χ0v) is 18.0. The molecule has 1 fully saturated rings. The Morgan fingerprint density at radius 2 is 1.65 bits per heavy atom. The van der Waals surface area contributed by atoms with Gasteiger partial charge in [0.25, 0.3) is 0 Å². The number of phenolic OH excluding ortho intramolecular Hbond substituents is 3. The van der Waals surface area contributed by atoms with Crippen LogP contribution in [0.5, 0.6) is 23.0 Å². The molecule has 182 valence electrons. The zero-order chi connectivity index (χ0) is 24.7. The summed E-state index contributed by atoms with van der Waals surface area (Å²) in [6, 6.07) is 6.28. The van der Waals surface area contributed by atoms with Crippen LogP contribution in [-0.2, 0) is 11.2 Å². The number of rotatable bonds is 5. The molecule has 0 aliphatic carbocycles. The third-order valence-corrected chi connectivity index (χ3v) is 5.89. The highest BCUT2D eigenvalue weighted by Gasteiger charge is 2.44. The first kappa shape index (κ1) is 23.8. The van der Waals surface area contributed by atoms with Gasteiger partial charge in [-0.25, -0.2) is 0 Å². The van der Waals surface area contributed by atoms with E-state index in [0.29, 0.717) is 0 Å². The predicted molar refractivity (Wildman–Crippen MR) is 117 cm³/mol. The maximum Gasteiger partial charge on any atom is 0.200 e. The molecule has 1 saturated heterocycles. The standard InChI is InChI=1S/C23H24O11/c1-32-14-4-9(2-3-12(14)26)23-11(7-16-20(29)22(31)21(30)17(8-24)33-16)19(28)18-13(27)5-10(25)6-15(18)34-23/h2-6,16-17,20-22,24-27,29-31H,7-8H2,1H3. The number of hydrogen-bond acceptors (Lipinski definition) is 11. The molecule has 1 aromatic heterocycles. The van der Waals surface area contributed by atoms with Crippen molar-refractivity contribution in [1.29, 1.82) is 0 Å². The summed E-state index contributed by atoms with van der Waals surface area (Å²) < 4.78 is 16.6.